The van der Waals surface area contributed by atoms with E-state index < -0.39 is 10.0 Å². The van der Waals surface area contributed by atoms with Crippen LogP contribution in [0.15, 0.2) is 34.7 Å². The second-order valence-corrected chi connectivity index (χ2v) is 7.12. The molecule has 0 aromatic carbocycles. The third kappa shape index (κ3) is 3.99. The molecule has 2 N–H and O–H groups in total. The predicted octanol–water partition coefficient (Wildman–Crippen LogP) is 1.49. The lowest BCUT2D eigenvalue weighted by atomic mass is 10.3. The van der Waals surface area contributed by atoms with Crippen molar-refractivity contribution in [2.45, 2.75) is 17.6 Å². The number of likely N-dealkylation sites (N-methyl/N-ethyl adjacent to an activating group) is 1. The maximum Gasteiger partial charge on any atom is 0.272 e. The molecule has 0 aliphatic rings. The molecule has 108 valence electrons. The van der Waals surface area contributed by atoms with Crippen molar-refractivity contribution in [2.75, 3.05) is 17.8 Å². The van der Waals surface area contributed by atoms with E-state index >= 15 is 0 Å². The van der Waals surface area contributed by atoms with Gasteiger partial charge >= 0.3 is 0 Å². The van der Waals surface area contributed by atoms with Crippen LogP contribution in [0.4, 0.5) is 5.82 Å². The molecular weight excluding hydrogens is 296 g/mol. The van der Waals surface area contributed by atoms with E-state index in [1.807, 2.05) is 13.0 Å². The van der Waals surface area contributed by atoms with Gasteiger partial charge in [0.05, 0.1) is 0 Å². The molecule has 2 aromatic heterocycles. The number of sulfonamides is 1. The molecule has 0 aliphatic carbocycles. The lowest BCUT2D eigenvalue weighted by Crippen LogP contribution is -2.15. The Kier molecular flexibility index (Phi) is 5.05. The van der Waals surface area contributed by atoms with E-state index in [2.05, 4.69) is 20.2 Å². The highest BCUT2D eigenvalue weighted by Gasteiger charge is 2.17. The van der Waals surface area contributed by atoms with Crippen LogP contribution in [0.2, 0.25) is 0 Å². The predicted molar refractivity (Wildman–Crippen MR) is 79.4 cm³/mol. The minimum absolute atomic E-state index is 0.218. The van der Waals surface area contributed by atoms with Gasteiger partial charge in [0.2, 0.25) is 0 Å². The SMILES string of the molecule is CCNCCc1ccc(S(=O)(=O)Nc2cccnn2)s1. The number of thiophene rings is 1. The molecule has 0 unspecified atom stereocenters. The highest BCUT2D eigenvalue weighted by Crippen LogP contribution is 2.23. The van der Waals surface area contributed by atoms with Gasteiger partial charge in [-0.2, -0.15) is 5.10 Å². The van der Waals surface area contributed by atoms with Crippen LogP contribution in [-0.4, -0.2) is 31.7 Å². The third-order valence-corrected chi connectivity index (χ3v) is 5.50. The summed E-state index contributed by atoms with van der Waals surface area (Å²) in [6.45, 7) is 3.79. The van der Waals surface area contributed by atoms with Gasteiger partial charge in [0, 0.05) is 11.1 Å². The lowest BCUT2D eigenvalue weighted by molar-refractivity contribution is 0.603. The standard InChI is InChI=1S/C12H16N4O2S2/c1-2-13-9-7-10-5-6-12(19-10)20(17,18)16-11-4-3-8-14-15-11/h3-6,8,13H,2,7,9H2,1H3,(H,15,16). The molecule has 0 aliphatic heterocycles. The Hall–Kier alpha value is -1.51. The van der Waals surface area contributed by atoms with E-state index in [-0.39, 0.29) is 10.0 Å². The van der Waals surface area contributed by atoms with Gasteiger partial charge in [-0.25, -0.2) is 8.42 Å². The highest BCUT2D eigenvalue weighted by atomic mass is 32.2. The third-order valence-electron chi connectivity index (χ3n) is 2.51. The van der Waals surface area contributed by atoms with Crippen LogP contribution in [0.3, 0.4) is 0 Å². The van der Waals surface area contributed by atoms with Crippen molar-refractivity contribution >= 4 is 27.2 Å². The zero-order valence-electron chi connectivity index (χ0n) is 11.0. The van der Waals surface area contributed by atoms with Crippen LogP contribution in [0, 0.1) is 0 Å². The Bertz CT molecular complexity index is 640. The van der Waals surface area contributed by atoms with Gasteiger partial charge < -0.3 is 5.32 Å². The van der Waals surface area contributed by atoms with Crippen LogP contribution in [-0.2, 0) is 16.4 Å². The number of nitrogens with one attached hydrogen (secondary N) is 2. The maximum atomic E-state index is 12.2. The summed E-state index contributed by atoms with van der Waals surface area (Å²) < 4.78 is 27.0. The Labute approximate surface area is 122 Å². The van der Waals surface area contributed by atoms with Crippen molar-refractivity contribution in [1.29, 1.82) is 0 Å². The number of hydrogen-bond acceptors (Lipinski definition) is 6. The molecule has 2 aromatic rings. The van der Waals surface area contributed by atoms with Crippen molar-refractivity contribution < 1.29 is 8.42 Å². The van der Waals surface area contributed by atoms with E-state index in [9.17, 15) is 8.42 Å². The first-order valence-electron chi connectivity index (χ1n) is 6.22. The molecular formula is C12H16N4O2S2. The average Bonchev–Trinajstić information content (AvgIpc) is 2.89. The zero-order chi connectivity index (χ0) is 14.4. The molecule has 0 saturated heterocycles. The Balaban J connectivity index is 2.06. The fourth-order valence-corrected chi connectivity index (χ4v) is 3.92. The largest absolute Gasteiger partial charge is 0.317 e. The van der Waals surface area contributed by atoms with Crippen LogP contribution in [0.1, 0.15) is 11.8 Å². The molecule has 0 radical (unpaired) electrons. The van der Waals surface area contributed by atoms with Crippen molar-refractivity contribution in [3.63, 3.8) is 0 Å². The summed E-state index contributed by atoms with van der Waals surface area (Å²) in [4.78, 5) is 1.03. The van der Waals surface area contributed by atoms with Gasteiger partial charge in [-0.3, -0.25) is 4.72 Å². The number of aromatic nitrogens is 2. The number of anilines is 1. The normalized spacial score (nSPS) is 11.4. The van der Waals surface area contributed by atoms with Crippen molar-refractivity contribution in [2.24, 2.45) is 0 Å². The Morgan fingerprint density at radius 1 is 1.30 bits per heavy atom. The van der Waals surface area contributed by atoms with E-state index in [4.69, 9.17) is 0 Å². The summed E-state index contributed by atoms with van der Waals surface area (Å²) in [7, 11) is -3.58. The molecule has 0 saturated carbocycles. The average molecular weight is 312 g/mol. The smallest absolute Gasteiger partial charge is 0.272 e. The second-order valence-electron chi connectivity index (χ2n) is 4.04. The van der Waals surface area contributed by atoms with Gasteiger partial charge in [0.1, 0.15) is 4.21 Å². The molecule has 2 heterocycles. The summed E-state index contributed by atoms with van der Waals surface area (Å²) in [5.41, 5.74) is 0. The molecule has 6 nitrogen and oxygen atoms in total. The van der Waals surface area contributed by atoms with Gasteiger partial charge in [-0.05, 0) is 43.8 Å². The fraction of sp³-hybridized carbons (Fsp3) is 0.333. The Morgan fingerprint density at radius 3 is 2.85 bits per heavy atom. The first-order valence-corrected chi connectivity index (χ1v) is 8.52. The van der Waals surface area contributed by atoms with Crippen LogP contribution >= 0.6 is 11.3 Å². The number of hydrogen-bond donors (Lipinski definition) is 2. The monoisotopic (exact) mass is 312 g/mol. The van der Waals surface area contributed by atoms with Gasteiger partial charge in [-0.15, -0.1) is 16.4 Å². The Morgan fingerprint density at radius 2 is 2.15 bits per heavy atom. The minimum atomic E-state index is -3.58. The summed E-state index contributed by atoms with van der Waals surface area (Å²) in [6, 6.07) is 6.64. The quantitative estimate of drug-likeness (QED) is 0.757. The highest BCUT2D eigenvalue weighted by molar-refractivity contribution is 7.94. The molecule has 2 rings (SSSR count). The first kappa shape index (κ1) is 14.9. The van der Waals surface area contributed by atoms with E-state index in [0.717, 1.165) is 24.4 Å². The minimum Gasteiger partial charge on any atom is -0.317 e. The van der Waals surface area contributed by atoms with Crippen molar-refractivity contribution in [3.8, 4) is 0 Å². The van der Waals surface area contributed by atoms with Crippen LogP contribution < -0.4 is 10.0 Å². The summed E-state index contributed by atoms with van der Waals surface area (Å²) in [5.74, 6) is 0.218. The molecule has 0 amide bonds. The lowest BCUT2D eigenvalue weighted by Gasteiger charge is -2.03. The number of rotatable bonds is 7. The summed E-state index contributed by atoms with van der Waals surface area (Å²) in [5, 5.41) is 10.6. The summed E-state index contributed by atoms with van der Waals surface area (Å²) >= 11 is 1.27. The summed E-state index contributed by atoms with van der Waals surface area (Å²) in [6.07, 6.45) is 2.31. The fourth-order valence-electron chi connectivity index (χ4n) is 1.57. The zero-order valence-corrected chi connectivity index (χ0v) is 12.7. The molecule has 20 heavy (non-hydrogen) atoms. The van der Waals surface area contributed by atoms with E-state index in [1.165, 1.54) is 17.5 Å². The molecule has 0 bridgehead atoms. The van der Waals surface area contributed by atoms with Crippen LogP contribution in [0.25, 0.3) is 0 Å². The second kappa shape index (κ2) is 6.78. The van der Waals surface area contributed by atoms with Crippen molar-refractivity contribution in [3.05, 3.63) is 35.3 Å². The first-order chi connectivity index (χ1) is 9.62. The molecule has 0 fully saturated rings. The van der Waals surface area contributed by atoms with Crippen molar-refractivity contribution in [1.82, 2.24) is 15.5 Å². The maximum absolute atomic E-state index is 12.2. The number of nitrogens with zero attached hydrogens (tertiary/aromatic N) is 2. The van der Waals surface area contributed by atoms with E-state index in [0.29, 0.717) is 0 Å². The molecule has 8 heteroatoms. The van der Waals surface area contributed by atoms with Gasteiger partial charge in [0.25, 0.3) is 10.0 Å². The topological polar surface area (TPSA) is 84.0 Å². The van der Waals surface area contributed by atoms with Crippen LogP contribution in [0.5, 0.6) is 0 Å². The van der Waals surface area contributed by atoms with Gasteiger partial charge in [-0.1, -0.05) is 6.92 Å². The molecule has 0 spiro atoms. The van der Waals surface area contributed by atoms with E-state index in [1.54, 1.807) is 18.2 Å². The molecule has 0 atom stereocenters. The van der Waals surface area contributed by atoms with Gasteiger partial charge in [0.15, 0.2) is 5.82 Å².